The highest BCUT2D eigenvalue weighted by Crippen LogP contribution is 2.13. The summed E-state index contributed by atoms with van der Waals surface area (Å²) in [5, 5.41) is 3.00. The number of amides is 1. The van der Waals surface area contributed by atoms with Crippen molar-refractivity contribution in [2.75, 3.05) is 5.73 Å². The SMILES string of the molecule is CCCc1cc(C(=O)NC(C)(C)CC)cc(N)n1. The van der Waals surface area contributed by atoms with Gasteiger partial charge in [0.1, 0.15) is 5.82 Å². The first kappa shape index (κ1) is 14.5. The number of hydrogen-bond acceptors (Lipinski definition) is 3. The molecule has 0 aliphatic carbocycles. The van der Waals surface area contributed by atoms with Gasteiger partial charge in [-0.2, -0.15) is 0 Å². The maximum Gasteiger partial charge on any atom is 0.251 e. The minimum atomic E-state index is -0.208. The van der Waals surface area contributed by atoms with Gasteiger partial charge in [-0.1, -0.05) is 20.3 Å². The Labute approximate surface area is 109 Å². The summed E-state index contributed by atoms with van der Waals surface area (Å²) in [7, 11) is 0. The van der Waals surface area contributed by atoms with E-state index >= 15 is 0 Å². The predicted molar refractivity (Wildman–Crippen MR) is 74.5 cm³/mol. The van der Waals surface area contributed by atoms with Gasteiger partial charge in [0.25, 0.3) is 5.91 Å². The number of nitrogens with one attached hydrogen (secondary N) is 1. The predicted octanol–water partition coefficient (Wildman–Crippen LogP) is 2.53. The summed E-state index contributed by atoms with van der Waals surface area (Å²) in [5.74, 6) is 0.314. The Morgan fingerprint density at radius 1 is 1.39 bits per heavy atom. The minimum absolute atomic E-state index is 0.0895. The van der Waals surface area contributed by atoms with Crippen LogP contribution in [0.5, 0.6) is 0 Å². The van der Waals surface area contributed by atoms with E-state index in [1.165, 1.54) is 0 Å². The lowest BCUT2D eigenvalue weighted by molar-refractivity contribution is 0.0911. The van der Waals surface area contributed by atoms with Gasteiger partial charge in [-0.15, -0.1) is 0 Å². The monoisotopic (exact) mass is 249 g/mol. The quantitative estimate of drug-likeness (QED) is 0.842. The summed E-state index contributed by atoms with van der Waals surface area (Å²) in [6, 6.07) is 3.45. The van der Waals surface area contributed by atoms with Gasteiger partial charge in [0, 0.05) is 16.8 Å². The number of carbonyl (C=O) groups is 1. The molecule has 18 heavy (non-hydrogen) atoms. The van der Waals surface area contributed by atoms with E-state index in [0.29, 0.717) is 11.4 Å². The highest BCUT2D eigenvalue weighted by Gasteiger charge is 2.19. The highest BCUT2D eigenvalue weighted by molar-refractivity contribution is 5.95. The van der Waals surface area contributed by atoms with Crippen LogP contribution in [0.3, 0.4) is 0 Å². The molecule has 0 atom stereocenters. The molecular formula is C14H23N3O. The lowest BCUT2D eigenvalue weighted by Crippen LogP contribution is -2.42. The first-order chi connectivity index (χ1) is 8.38. The van der Waals surface area contributed by atoms with Gasteiger partial charge < -0.3 is 11.1 Å². The van der Waals surface area contributed by atoms with E-state index in [2.05, 4.69) is 17.2 Å². The normalized spacial score (nSPS) is 11.3. The summed E-state index contributed by atoms with van der Waals surface area (Å²) in [6.45, 7) is 8.12. The first-order valence-electron chi connectivity index (χ1n) is 6.47. The average molecular weight is 249 g/mol. The molecule has 0 fully saturated rings. The topological polar surface area (TPSA) is 68.0 Å². The fourth-order valence-corrected chi connectivity index (χ4v) is 1.59. The molecule has 100 valence electrons. The number of aromatic nitrogens is 1. The van der Waals surface area contributed by atoms with Crippen LogP contribution in [0.2, 0.25) is 0 Å². The number of pyridine rings is 1. The molecule has 0 saturated carbocycles. The summed E-state index contributed by atoms with van der Waals surface area (Å²) in [4.78, 5) is 16.4. The third kappa shape index (κ3) is 4.02. The Kier molecular flexibility index (Phi) is 4.70. The molecule has 0 unspecified atom stereocenters. The van der Waals surface area contributed by atoms with Gasteiger partial charge in [0.15, 0.2) is 0 Å². The zero-order valence-corrected chi connectivity index (χ0v) is 11.7. The van der Waals surface area contributed by atoms with E-state index in [0.717, 1.165) is 25.0 Å². The number of carbonyl (C=O) groups excluding carboxylic acids is 1. The molecule has 0 aliphatic heterocycles. The fourth-order valence-electron chi connectivity index (χ4n) is 1.59. The van der Waals surface area contributed by atoms with E-state index in [-0.39, 0.29) is 11.4 Å². The Hall–Kier alpha value is -1.58. The second kappa shape index (κ2) is 5.85. The van der Waals surface area contributed by atoms with Crippen molar-refractivity contribution >= 4 is 11.7 Å². The van der Waals surface area contributed by atoms with Crippen molar-refractivity contribution < 1.29 is 4.79 Å². The van der Waals surface area contributed by atoms with Crippen LogP contribution in [0.25, 0.3) is 0 Å². The molecule has 4 nitrogen and oxygen atoms in total. The highest BCUT2D eigenvalue weighted by atomic mass is 16.1. The number of nitrogens with zero attached hydrogens (tertiary/aromatic N) is 1. The van der Waals surface area contributed by atoms with Gasteiger partial charge in [0.2, 0.25) is 0 Å². The standard InChI is InChI=1S/C14H23N3O/c1-5-7-11-8-10(9-12(15)16-11)13(18)17-14(3,4)6-2/h8-9H,5-7H2,1-4H3,(H2,15,16)(H,17,18). The second-order valence-corrected chi connectivity index (χ2v) is 5.21. The van der Waals surface area contributed by atoms with Gasteiger partial charge in [0.05, 0.1) is 0 Å². The van der Waals surface area contributed by atoms with E-state index in [1.807, 2.05) is 26.8 Å². The van der Waals surface area contributed by atoms with Crippen LogP contribution in [-0.4, -0.2) is 16.4 Å². The van der Waals surface area contributed by atoms with E-state index in [4.69, 9.17) is 5.73 Å². The molecule has 3 N–H and O–H groups in total. The number of nitrogens with two attached hydrogens (primary N) is 1. The molecule has 1 aromatic rings. The number of rotatable bonds is 5. The lowest BCUT2D eigenvalue weighted by atomic mass is 10.0. The van der Waals surface area contributed by atoms with Crippen LogP contribution in [0.4, 0.5) is 5.82 Å². The van der Waals surface area contributed by atoms with Gasteiger partial charge in [-0.3, -0.25) is 4.79 Å². The van der Waals surface area contributed by atoms with E-state index in [1.54, 1.807) is 6.07 Å². The molecule has 0 aliphatic rings. The Balaban J connectivity index is 2.92. The van der Waals surface area contributed by atoms with Crippen molar-refractivity contribution in [2.24, 2.45) is 0 Å². The Morgan fingerprint density at radius 2 is 2.06 bits per heavy atom. The van der Waals surface area contributed by atoms with Crippen LogP contribution in [0.15, 0.2) is 12.1 Å². The zero-order valence-electron chi connectivity index (χ0n) is 11.7. The fraction of sp³-hybridized carbons (Fsp3) is 0.571. The van der Waals surface area contributed by atoms with E-state index in [9.17, 15) is 4.79 Å². The molecular weight excluding hydrogens is 226 g/mol. The Bertz CT molecular complexity index is 427. The average Bonchev–Trinajstić information content (AvgIpc) is 2.28. The molecule has 0 spiro atoms. The Morgan fingerprint density at radius 3 is 2.61 bits per heavy atom. The number of hydrogen-bond donors (Lipinski definition) is 2. The number of aryl methyl sites for hydroxylation is 1. The molecule has 4 heteroatoms. The van der Waals surface area contributed by atoms with Crippen LogP contribution in [0.1, 0.15) is 56.6 Å². The maximum atomic E-state index is 12.1. The molecule has 0 saturated heterocycles. The largest absolute Gasteiger partial charge is 0.384 e. The third-order valence-corrected chi connectivity index (χ3v) is 3.00. The summed E-state index contributed by atoms with van der Waals surface area (Å²) in [6.07, 6.45) is 2.70. The summed E-state index contributed by atoms with van der Waals surface area (Å²) >= 11 is 0. The second-order valence-electron chi connectivity index (χ2n) is 5.21. The van der Waals surface area contributed by atoms with Crippen molar-refractivity contribution in [3.8, 4) is 0 Å². The molecule has 1 heterocycles. The van der Waals surface area contributed by atoms with Crippen molar-refractivity contribution in [3.05, 3.63) is 23.4 Å². The minimum Gasteiger partial charge on any atom is -0.384 e. The van der Waals surface area contributed by atoms with Crippen LogP contribution >= 0.6 is 0 Å². The molecule has 1 rings (SSSR count). The number of nitrogen functional groups attached to an aromatic ring is 1. The van der Waals surface area contributed by atoms with Crippen LogP contribution in [0, 0.1) is 0 Å². The van der Waals surface area contributed by atoms with Crippen molar-refractivity contribution in [1.29, 1.82) is 0 Å². The zero-order chi connectivity index (χ0) is 13.8. The summed E-state index contributed by atoms with van der Waals surface area (Å²) < 4.78 is 0. The lowest BCUT2D eigenvalue weighted by Gasteiger charge is -2.24. The van der Waals surface area contributed by atoms with Gasteiger partial charge >= 0.3 is 0 Å². The first-order valence-corrected chi connectivity index (χ1v) is 6.47. The molecule has 0 radical (unpaired) electrons. The van der Waals surface area contributed by atoms with E-state index < -0.39 is 0 Å². The molecule has 1 amide bonds. The molecule has 0 aromatic carbocycles. The molecule has 0 bridgehead atoms. The van der Waals surface area contributed by atoms with Crippen molar-refractivity contribution in [3.63, 3.8) is 0 Å². The number of anilines is 1. The van der Waals surface area contributed by atoms with Crippen molar-refractivity contribution in [2.45, 2.75) is 52.5 Å². The van der Waals surface area contributed by atoms with Crippen LogP contribution < -0.4 is 11.1 Å². The van der Waals surface area contributed by atoms with Gasteiger partial charge in [-0.25, -0.2) is 4.98 Å². The summed E-state index contributed by atoms with van der Waals surface area (Å²) in [5.41, 5.74) is 6.99. The third-order valence-electron chi connectivity index (χ3n) is 3.00. The molecule has 1 aromatic heterocycles. The van der Waals surface area contributed by atoms with Crippen molar-refractivity contribution in [1.82, 2.24) is 10.3 Å². The smallest absolute Gasteiger partial charge is 0.251 e. The van der Waals surface area contributed by atoms with Gasteiger partial charge in [-0.05, 0) is 38.8 Å². The van der Waals surface area contributed by atoms with Crippen LogP contribution in [-0.2, 0) is 6.42 Å². The maximum absolute atomic E-state index is 12.1.